The molecular formula is C17H17Cl2F2NO2. The quantitative estimate of drug-likeness (QED) is 0.860. The van der Waals surface area contributed by atoms with Gasteiger partial charge in [0.25, 0.3) is 0 Å². The third-order valence-electron chi connectivity index (χ3n) is 3.62. The van der Waals surface area contributed by atoms with Gasteiger partial charge < -0.3 is 14.8 Å². The molecule has 0 radical (unpaired) electrons. The zero-order valence-corrected chi connectivity index (χ0v) is 14.3. The van der Waals surface area contributed by atoms with E-state index in [9.17, 15) is 8.78 Å². The average Bonchev–Trinajstić information content (AvgIpc) is 2.54. The van der Waals surface area contributed by atoms with Gasteiger partial charge in [-0.3, -0.25) is 0 Å². The Morgan fingerprint density at radius 3 is 2.50 bits per heavy atom. The summed E-state index contributed by atoms with van der Waals surface area (Å²) in [6, 6.07) is 8.79. The van der Waals surface area contributed by atoms with Crippen molar-refractivity contribution in [3.63, 3.8) is 0 Å². The molecule has 1 aliphatic rings. The molecule has 0 aliphatic carbocycles. The van der Waals surface area contributed by atoms with Crippen LogP contribution < -0.4 is 10.1 Å². The summed E-state index contributed by atoms with van der Waals surface area (Å²) in [4.78, 5) is 0. The van der Waals surface area contributed by atoms with Gasteiger partial charge in [-0.2, -0.15) is 0 Å². The molecule has 3 rings (SSSR count). The van der Waals surface area contributed by atoms with E-state index in [0.717, 1.165) is 6.54 Å². The molecule has 1 heterocycles. The van der Waals surface area contributed by atoms with Crippen LogP contribution in [0.1, 0.15) is 5.56 Å². The van der Waals surface area contributed by atoms with Crippen molar-refractivity contribution in [2.24, 2.45) is 0 Å². The monoisotopic (exact) mass is 375 g/mol. The van der Waals surface area contributed by atoms with Crippen LogP contribution in [0.2, 0.25) is 5.02 Å². The van der Waals surface area contributed by atoms with Gasteiger partial charge in [-0.1, -0.05) is 29.8 Å². The van der Waals surface area contributed by atoms with Gasteiger partial charge in [-0.15, -0.1) is 12.4 Å². The normalized spacial score (nSPS) is 17.2. The first kappa shape index (κ1) is 18.9. The maximum absolute atomic E-state index is 14.2. The Kier molecular flexibility index (Phi) is 6.80. The topological polar surface area (TPSA) is 30.5 Å². The summed E-state index contributed by atoms with van der Waals surface area (Å²) < 4.78 is 39.2. The molecule has 0 unspecified atom stereocenters. The lowest BCUT2D eigenvalue weighted by Gasteiger charge is -2.24. The van der Waals surface area contributed by atoms with Gasteiger partial charge in [0, 0.05) is 25.1 Å². The first-order valence-electron chi connectivity index (χ1n) is 7.36. The zero-order valence-electron chi connectivity index (χ0n) is 12.7. The van der Waals surface area contributed by atoms with Crippen LogP contribution in [0.4, 0.5) is 8.78 Å². The molecule has 1 N–H and O–H groups in total. The lowest BCUT2D eigenvalue weighted by Crippen LogP contribution is -2.39. The van der Waals surface area contributed by atoms with Crippen LogP contribution >= 0.6 is 24.0 Å². The molecule has 1 saturated heterocycles. The summed E-state index contributed by atoms with van der Waals surface area (Å²) in [5, 5.41) is 3.31. The van der Waals surface area contributed by atoms with Crippen LogP contribution in [-0.4, -0.2) is 25.8 Å². The Bertz CT molecular complexity index is 674. The van der Waals surface area contributed by atoms with Gasteiger partial charge in [-0.05, 0) is 18.2 Å². The number of para-hydroxylation sites is 2. The molecule has 130 valence electrons. The number of nitrogens with one attached hydrogen (secondary N) is 1. The van der Waals surface area contributed by atoms with Crippen molar-refractivity contribution >= 4 is 24.0 Å². The molecular weight excluding hydrogens is 359 g/mol. The van der Waals surface area contributed by atoms with E-state index in [1.807, 2.05) is 0 Å². The second kappa shape index (κ2) is 8.62. The van der Waals surface area contributed by atoms with E-state index in [2.05, 4.69) is 5.32 Å². The van der Waals surface area contributed by atoms with Crippen molar-refractivity contribution in [3.8, 4) is 11.5 Å². The molecule has 0 aromatic heterocycles. The minimum atomic E-state index is -0.637. The van der Waals surface area contributed by atoms with Crippen LogP contribution in [0.3, 0.4) is 0 Å². The molecule has 3 nitrogen and oxygen atoms in total. The van der Waals surface area contributed by atoms with Crippen LogP contribution in [0.15, 0.2) is 36.4 Å². The maximum atomic E-state index is 14.2. The molecule has 1 atom stereocenters. The molecule has 24 heavy (non-hydrogen) atoms. The van der Waals surface area contributed by atoms with Gasteiger partial charge in [0.15, 0.2) is 23.1 Å². The third kappa shape index (κ3) is 4.36. The number of hydrogen-bond acceptors (Lipinski definition) is 3. The number of halogens is 4. The molecule has 0 spiro atoms. The van der Waals surface area contributed by atoms with Crippen molar-refractivity contribution in [3.05, 3.63) is 58.6 Å². The van der Waals surface area contributed by atoms with Crippen LogP contribution in [0.25, 0.3) is 0 Å². The molecule has 2 aromatic rings. The van der Waals surface area contributed by atoms with E-state index in [1.165, 1.54) is 24.3 Å². The molecule has 1 fully saturated rings. The van der Waals surface area contributed by atoms with Gasteiger partial charge in [0.05, 0.1) is 17.7 Å². The largest absolute Gasteiger partial charge is 0.449 e. The lowest BCUT2D eigenvalue weighted by atomic mass is 10.1. The molecule has 0 saturated carbocycles. The van der Waals surface area contributed by atoms with Crippen LogP contribution in [0, 0.1) is 11.6 Å². The first-order valence-corrected chi connectivity index (χ1v) is 7.74. The number of ether oxygens (including phenoxy) is 2. The Balaban J connectivity index is 0.00000208. The highest BCUT2D eigenvalue weighted by atomic mass is 35.5. The standard InChI is InChI=1S/C17H16ClF2NO2.ClH/c18-13-4-2-6-15(20)17(13)23-16-11(3-1-5-14(16)19)9-12-10-21-7-8-22-12;/h1-6,12,21H,7-10H2;1H/t12-;/m0./s1. The summed E-state index contributed by atoms with van der Waals surface area (Å²) in [5.74, 6) is -1.40. The van der Waals surface area contributed by atoms with Gasteiger partial charge in [-0.25, -0.2) is 8.78 Å². The smallest absolute Gasteiger partial charge is 0.181 e. The van der Waals surface area contributed by atoms with Gasteiger partial charge in [0.1, 0.15) is 0 Å². The average molecular weight is 376 g/mol. The number of benzene rings is 2. The second-order valence-corrected chi connectivity index (χ2v) is 5.69. The minimum Gasteiger partial charge on any atom is -0.449 e. The summed E-state index contributed by atoms with van der Waals surface area (Å²) in [5.41, 5.74) is 0.609. The van der Waals surface area contributed by atoms with E-state index < -0.39 is 11.6 Å². The second-order valence-electron chi connectivity index (χ2n) is 5.28. The minimum absolute atomic E-state index is 0. The summed E-state index contributed by atoms with van der Waals surface area (Å²) in [7, 11) is 0. The fourth-order valence-corrected chi connectivity index (χ4v) is 2.71. The van der Waals surface area contributed by atoms with Crippen LogP contribution in [0.5, 0.6) is 11.5 Å². The molecule has 7 heteroatoms. The molecule has 0 bridgehead atoms. The Morgan fingerprint density at radius 2 is 1.83 bits per heavy atom. The molecule has 1 aliphatic heterocycles. The molecule has 0 amide bonds. The highest BCUT2D eigenvalue weighted by Crippen LogP contribution is 2.35. The van der Waals surface area contributed by atoms with Crippen LogP contribution in [-0.2, 0) is 11.2 Å². The van der Waals surface area contributed by atoms with E-state index in [-0.39, 0.29) is 35.0 Å². The Labute approximate surface area is 150 Å². The van der Waals surface area contributed by atoms with Crippen molar-refractivity contribution in [1.82, 2.24) is 5.32 Å². The highest BCUT2D eigenvalue weighted by molar-refractivity contribution is 6.32. The number of hydrogen-bond donors (Lipinski definition) is 1. The Morgan fingerprint density at radius 1 is 1.12 bits per heavy atom. The van der Waals surface area contributed by atoms with Crippen molar-refractivity contribution in [2.45, 2.75) is 12.5 Å². The Hall–Kier alpha value is -1.40. The maximum Gasteiger partial charge on any atom is 0.181 e. The van der Waals surface area contributed by atoms with E-state index >= 15 is 0 Å². The van der Waals surface area contributed by atoms with E-state index in [1.54, 1.807) is 12.1 Å². The molecule has 2 aromatic carbocycles. The first-order chi connectivity index (χ1) is 11.1. The summed E-state index contributed by atoms with van der Waals surface area (Å²) in [6.45, 7) is 2.08. The summed E-state index contributed by atoms with van der Waals surface area (Å²) >= 11 is 5.95. The lowest BCUT2D eigenvalue weighted by molar-refractivity contribution is 0.0289. The van der Waals surface area contributed by atoms with Gasteiger partial charge in [0.2, 0.25) is 0 Å². The fraction of sp³-hybridized carbons (Fsp3) is 0.294. The number of rotatable bonds is 4. The summed E-state index contributed by atoms with van der Waals surface area (Å²) in [6.07, 6.45) is 0.385. The predicted octanol–water partition coefficient (Wildman–Crippen LogP) is 4.36. The van der Waals surface area contributed by atoms with E-state index in [0.29, 0.717) is 25.1 Å². The van der Waals surface area contributed by atoms with Crippen molar-refractivity contribution < 1.29 is 18.3 Å². The zero-order chi connectivity index (χ0) is 16.2. The SMILES string of the molecule is Cl.Fc1cccc(Cl)c1Oc1c(F)cccc1C[C@H]1CNCCO1. The predicted molar refractivity (Wildman–Crippen MR) is 91.4 cm³/mol. The van der Waals surface area contributed by atoms with Gasteiger partial charge >= 0.3 is 0 Å². The fourth-order valence-electron chi connectivity index (χ4n) is 2.51. The van der Waals surface area contributed by atoms with Crippen molar-refractivity contribution in [2.75, 3.05) is 19.7 Å². The third-order valence-corrected chi connectivity index (χ3v) is 3.92. The van der Waals surface area contributed by atoms with E-state index in [4.69, 9.17) is 21.1 Å². The number of morpholine rings is 1. The van der Waals surface area contributed by atoms with Crippen molar-refractivity contribution in [1.29, 1.82) is 0 Å². The highest BCUT2D eigenvalue weighted by Gasteiger charge is 2.20.